The van der Waals surface area contributed by atoms with Crippen LogP contribution < -0.4 is 14.5 Å². The zero-order valence-corrected chi connectivity index (χ0v) is 24.0. The molecule has 2 saturated heterocycles. The molecule has 3 aromatic rings. The predicted octanol–water partition coefficient (Wildman–Crippen LogP) is 3.84. The zero-order valence-electron chi connectivity index (χ0n) is 24.0. The van der Waals surface area contributed by atoms with Crippen molar-refractivity contribution in [3.63, 3.8) is 0 Å². The number of carbonyl (C=O) groups is 1. The number of ether oxygens (including phenoxy) is 1. The molecule has 1 N–H and O–H groups in total. The van der Waals surface area contributed by atoms with E-state index in [4.69, 9.17) is 14.7 Å². The van der Waals surface area contributed by atoms with Crippen molar-refractivity contribution in [2.24, 2.45) is 5.92 Å². The topological polar surface area (TPSA) is 85.3 Å². The maximum absolute atomic E-state index is 12.2. The van der Waals surface area contributed by atoms with Gasteiger partial charge in [0.25, 0.3) is 0 Å². The maximum atomic E-state index is 12.2. The number of amides is 1. The first kappa shape index (κ1) is 27.3. The van der Waals surface area contributed by atoms with Gasteiger partial charge >= 0.3 is 6.01 Å². The van der Waals surface area contributed by atoms with Gasteiger partial charge in [-0.15, -0.1) is 0 Å². The Morgan fingerprint density at radius 2 is 1.93 bits per heavy atom. The summed E-state index contributed by atoms with van der Waals surface area (Å²) in [6, 6.07) is 12.2. The molecule has 1 aromatic heterocycles. The number of hydrogen-bond donors (Lipinski definition) is 1. The molecular formula is C32H40N6O3. The standard InChI is InChI=1S/C32H40N6O3/c1-3-30(40)36-13-15-37(16-14-36)31-27-10-12-38(29-20-25(39)19-24-8-4-5-9-26(24)29)22-28(27)33-32(34-31)41-18-17-35-11-6-7-23(2)21-35/h3-5,8-9,19-20,23,39H,1,6-7,10-18,21-22H2,2H3/t23-/m0/s1. The molecule has 0 aliphatic carbocycles. The van der Waals surface area contributed by atoms with Crippen LogP contribution in [0.1, 0.15) is 31.0 Å². The fraction of sp³-hybridized carbons (Fsp3) is 0.469. The molecule has 0 bridgehead atoms. The third-order valence-electron chi connectivity index (χ3n) is 8.63. The first-order valence-electron chi connectivity index (χ1n) is 14.9. The van der Waals surface area contributed by atoms with Crippen LogP contribution in [0.15, 0.2) is 49.1 Å². The minimum Gasteiger partial charge on any atom is -0.508 e. The second-order valence-corrected chi connectivity index (χ2v) is 11.5. The molecule has 6 rings (SSSR count). The predicted molar refractivity (Wildman–Crippen MR) is 162 cm³/mol. The number of phenolic OH excluding ortho intramolecular Hbond substituents is 1. The van der Waals surface area contributed by atoms with Crippen molar-refractivity contribution < 1.29 is 14.6 Å². The summed E-state index contributed by atoms with van der Waals surface area (Å²) in [6.07, 6.45) is 4.70. The van der Waals surface area contributed by atoms with Crippen LogP contribution in [0, 0.1) is 5.92 Å². The summed E-state index contributed by atoms with van der Waals surface area (Å²) < 4.78 is 6.22. The van der Waals surface area contributed by atoms with Crippen LogP contribution in [0.5, 0.6) is 11.8 Å². The fourth-order valence-corrected chi connectivity index (χ4v) is 6.48. The van der Waals surface area contributed by atoms with Crippen LogP contribution >= 0.6 is 0 Å². The Balaban J connectivity index is 1.26. The number of rotatable bonds is 7. The van der Waals surface area contributed by atoms with Gasteiger partial charge in [0.2, 0.25) is 5.91 Å². The van der Waals surface area contributed by atoms with Crippen LogP contribution in [0.4, 0.5) is 11.5 Å². The number of anilines is 2. The van der Waals surface area contributed by atoms with Gasteiger partial charge in [0.1, 0.15) is 18.2 Å². The molecule has 41 heavy (non-hydrogen) atoms. The van der Waals surface area contributed by atoms with E-state index < -0.39 is 0 Å². The zero-order chi connectivity index (χ0) is 28.3. The van der Waals surface area contributed by atoms with E-state index >= 15 is 0 Å². The van der Waals surface area contributed by atoms with Crippen LogP contribution in [0.3, 0.4) is 0 Å². The van der Waals surface area contributed by atoms with Crippen LogP contribution in [-0.2, 0) is 17.8 Å². The molecule has 0 spiro atoms. The highest BCUT2D eigenvalue weighted by atomic mass is 16.5. The number of fused-ring (bicyclic) bond motifs is 2. The highest BCUT2D eigenvalue weighted by molar-refractivity contribution is 5.95. The smallest absolute Gasteiger partial charge is 0.318 e. The number of phenols is 1. The van der Waals surface area contributed by atoms with E-state index in [1.807, 2.05) is 35.2 Å². The lowest BCUT2D eigenvalue weighted by Gasteiger charge is -2.38. The first-order valence-corrected chi connectivity index (χ1v) is 14.9. The van der Waals surface area contributed by atoms with Crippen LogP contribution in [0.2, 0.25) is 0 Å². The lowest BCUT2D eigenvalue weighted by atomic mass is 10.0. The summed E-state index contributed by atoms with van der Waals surface area (Å²) in [5, 5.41) is 12.6. The number of piperidine rings is 1. The maximum Gasteiger partial charge on any atom is 0.318 e. The molecule has 9 nitrogen and oxygen atoms in total. The summed E-state index contributed by atoms with van der Waals surface area (Å²) in [5.41, 5.74) is 3.11. The second-order valence-electron chi connectivity index (χ2n) is 11.5. The van der Waals surface area contributed by atoms with E-state index in [9.17, 15) is 9.90 Å². The monoisotopic (exact) mass is 556 g/mol. The Bertz CT molecular complexity index is 1420. The molecule has 1 amide bonds. The van der Waals surface area contributed by atoms with Gasteiger partial charge in [0.05, 0.1) is 12.2 Å². The lowest BCUT2D eigenvalue weighted by Crippen LogP contribution is -2.49. The van der Waals surface area contributed by atoms with E-state index in [0.29, 0.717) is 45.3 Å². The SMILES string of the molecule is C=CC(=O)N1CCN(c2nc(OCCN3CCC[C@H](C)C3)nc3c2CCN(c2cc(O)cc4ccccc24)C3)CC1. The average Bonchev–Trinajstić information content (AvgIpc) is 2.99. The number of piperazine rings is 1. The van der Waals surface area contributed by atoms with E-state index in [1.54, 1.807) is 0 Å². The summed E-state index contributed by atoms with van der Waals surface area (Å²) in [5.74, 6) is 1.87. The van der Waals surface area contributed by atoms with Gasteiger partial charge in [0, 0.05) is 68.5 Å². The largest absolute Gasteiger partial charge is 0.508 e. The number of aromatic nitrogens is 2. The van der Waals surface area contributed by atoms with E-state index in [1.165, 1.54) is 18.9 Å². The third kappa shape index (κ3) is 5.95. The van der Waals surface area contributed by atoms with E-state index in [0.717, 1.165) is 72.1 Å². The summed E-state index contributed by atoms with van der Waals surface area (Å²) >= 11 is 0. The number of hydrogen-bond acceptors (Lipinski definition) is 8. The van der Waals surface area contributed by atoms with E-state index in [-0.39, 0.29) is 11.7 Å². The fourth-order valence-electron chi connectivity index (χ4n) is 6.48. The molecule has 0 unspecified atom stereocenters. The molecule has 2 aromatic carbocycles. The third-order valence-corrected chi connectivity index (χ3v) is 8.63. The number of likely N-dealkylation sites (tertiary alicyclic amines) is 1. The summed E-state index contributed by atoms with van der Waals surface area (Å²) in [4.78, 5) is 30.9. The van der Waals surface area contributed by atoms with Crippen molar-refractivity contribution in [2.75, 3.05) is 68.8 Å². The number of carbonyl (C=O) groups excluding carboxylic acids is 1. The Hall–Kier alpha value is -3.85. The van der Waals surface area contributed by atoms with E-state index in [2.05, 4.69) is 34.3 Å². The van der Waals surface area contributed by atoms with Crippen molar-refractivity contribution in [3.8, 4) is 11.8 Å². The molecule has 3 aliphatic heterocycles. The number of benzene rings is 2. The van der Waals surface area contributed by atoms with Crippen molar-refractivity contribution in [1.29, 1.82) is 0 Å². The molecular weight excluding hydrogens is 516 g/mol. The molecule has 0 radical (unpaired) electrons. The van der Waals surface area contributed by atoms with Gasteiger partial charge in [-0.3, -0.25) is 9.69 Å². The summed E-state index contributed by atoms with van der Waals surface area (Å²) in [6.45, 7) is 13.7. The minimum atomic E-state index is -0.0283. The molecule has 9 heteroatoms. The quantitative estimate of drug-likeness (QED) is 0.440. The van der Waals surface area contributed by atoms with Crippen molar-refractivity contribution in [3.05, 3.63) is 60.3 Å². The van der Waals surface area contributed by atoms with Gasteiger partial charge in [-0.25, -0.2) is 0 Å². The normalized spacial score (nSPS) is 19.7. The number of nitrogens with zero attached hydrogens (tertiary/aromatic N) is 6. The minimum absolute atomic E-state index is 0.0283. The molecule has 1 atom stereocenters. The lowest BCUT2D eigenvalue weighted by molar-refractivity contribution is -0.126. The van der Waals surface area contributed by atoms with Crippen molar-refractivity contribution in [2.45, 2.75) is 32.7 Å². The molecule has 2 fully saturated rings. The number of aromatic hydroxyl groups is 1. The first-order chi connectivity index (χ1) is 20.0. The van der Waals surface area contributed by atoms with Crippen LogP contribution in [-0.4, -0.2) is 89.7 Å². The van der Waals surface area contributed by atoms with Gasteiger partial charge in [0.15, 0.2) is 0 Å². The molecule has 4 heterocycles. The average molecular weight is 557 g/mol. The molecule has 216 valence electrons. The Morgan fingerprint density at radius 3 is 2.73 bits per heavy atom. The van der Waals surface area contributed by atoms with Gasteiger partial charge in [-0.1, -0.05) is 37.8 Å². The second kappa shape index (κ2) is 11.9. The Labute approximate surface area is 242 Å². The van der Waals surface area contributed by atoms with Crippen molar-refractivity contribution in [1.82, 2.24) is 19.8 Å². The Morgan fingerprint density at radius 1 is 1.10 bits per heavy atom. The Kier molecular flexibility index (Phi) is 7.96. The molecule has 0 saturated carbocycles. The van der Waals surface area contributed by atoms with Crippen LogP contribution in [0.25, 0.3) is 10.8 Å². The van der Waals surface area contributed by atoms with Gasteiger partial charge < -0.3 is 24.5 Å². The highest BCUT2D eigenvalue weighted by Gasteiger charge is 2.29. The van der Waals surface area contributed by atoms with Crippen molar-refractivity contribution >= 4 is 28.2 Å². The van der Waals surface area contributed by atoms with Gasteiger partial charge in [-0.2, -0.15) is 9.97 Å². The summed E-state index contributed by atoms with van der Waals surface area (Å²) in [7, 11) is 0. The highest BCUT2D eigenvalue weighted by Crippen LogP contribution is 2.36. The molecule has 3 aliphatic rings. The van der Waals surface area contributed by atoms with Gasteiger partial charge in [-0.05, 0) is 49.3 Å².